The number of fused-ring (bicyclic) bond motifs is 1. The lowest BCUT2D eigenvalue weighted by atomic mass is 10.1. The van der Waals surface area contributed by atoms with Crippen LogP contribution in [0.5, 0.6) is 17.2 Å². The van der Waals surface area contributed by atoms with Gasteiger partial charge in [-0.1, -0.05) is 19.9 Å². The molecule has 0 aliphatic carbocycles. The number of imidazole rings is 1. The number of rotatable bonds is 5. The number of phenols is 1. The zero-order valence-corrected chi connectivity index (χ0v) is 17.4. The standard InChI is InChI=1S/C21H21N5O5/c1-11(2)20(28)31-17-9-15(27)12(8-16(17)30-4)19-23-24-21(29)26(19)14-7-5-6-13-18(14)22-10-25(13)3/h5-11,27H,1-4H3,(H,24,29). The number of hydrogen-bond acceptors (Lipinski definition) is 7. The fraction of sp³-hybridized carbons (Fsp3) is 0.238. The predicted octanol–water partition coefficient (Wildman–Crippen LogP) is 2.39. The molecule has 0 fully saturated rings. The number of benzene rings is 2. The summed E-state index contributed by atoms with van der Waals surface area (Å²) in [4.78, 5) is 29.0. The number of aromatic hydroxyl groups is 1. The molecular formula is C21H21N5O5. The zero-order valence-electron chi connectivity index (χ0n) is 17.4. The highest BCUT2D eigenvalue weighted by molar-refractivity contribution is 5.85. The van der Waals surface area contributed by atoms with E-state index in [1.165, 1.54) is 23.8 Å². The minimum Gasteiger partial charge on any atom is -0.507 e. The predicted molar refractivity (Wildman–Crippen MR) is 113 cm³/mol. The molecule has 0 aliphatic heterocycles. The summed E-state index contributed by atoms with van der Waals surface area (Å²) in [6.45, 7) is 3.40. The van der Waals surface area contributed by atoms with Crippen LogP contribution in [0.3, 0.4) is 0 Å². The third-order valence-electron chi connectivity index (χ3n) is 4.85. The van der Waals surface area contributed by atoms with Gasteiger partial charge in [-0.2, -0.15) is 5.10 Å². The molecule has 10 heteroatoms. The lowest BCUT2D eigenvalue weighted by molar-refractivity contribution is -0.137. The largest absolute Gasteiger partial charge is 0.507 e. The number of nitrogens with zero attached hydrogens (tertiary/aromatic N) is 4. The number of H-pyrrole nitrogens is 1. The van der Waals surface area contributed by atoms with Crippen molar-refractivity contribution in [1.29, 1.82) is 0 Å². The average molecular weight is 423 g/mol. The van der Waals surface area contributed by atoms with Crippen molar-refractivity contribution in [2.45, 2.75) is 13.8 Å². The number of aromatic nitrogens is 5. The lowest BCUT2D eigenvalue weighted by Crippen LogP contribution is -2.16. The van der Waals surface area contributed by atoms with Gasteiger partial charge in [-0.3, -0.25) is 4.79 Å². The highest BCUT2D eigenvalue weighted by atomic mass is 16.6. The average Bonchev–Trinajstić information content (AvgIpc) is 3.31. The molecule has 2 N–H and O–H groups in total. The molecule has 4 rings (SSSR count). The SMILES string of the molecule is COc1cc(-c2n[nH]c(=O)n2-c2cccc3c2ncn3C)c(O)cc1OC(=O)C(C)C. The molecule has 0 amide bonds. The maximum absolute atomic E-state index is 12.6. The van der Waals surface area contributed by atoms with E-state index in [1.54, 1.807) is 32.3 Å². The van der Waals surface area contributed by atoms with Crippen LogP contribution in [0.4, 0.5) is 0 Å². The minimum absolute atomic E-state index is 0.0683. The van der Waals surface area contributed by atoms with Crippen molar-refractivity contribution in [1.82, 2.24) is 24.3 Å². The van der Waals surface area contributed by atoms with Crippen LogP contribution in [0.15, 0.2) is 41.5 Å². The molecule has 0 radical (unpaired) electrons. The Hall–Kier alpha value is -4.08. The van der Waals surface area contributed by atoms with Gasteiger partial charge in [-0.05, 0) is 18.2 Å². The number of methoxy groups -OCH3 is 1. The van der Waals surface area contributed by atoms with E-state index in [-0.39, 0.29) is 34.6 Å². The van der Waals surface area contributed by atoms with Gasteiger partial charge in [-0.25, -0.2) is 19.4 Å². The lowest BCUT2D eigenvalue weighted by Gasteiger charge is -2.14. The number of phenolic OH excluding ortho intramolecular Hbond substituents is 1. The monoisotopic (exact) mass is 423 g/mol. The molecular weight excluding hydrogens is 402 g/mol. The molecule has 0 bridgehead atoms. The first kappa shape index (κ1) is 20.2. The van der Waals surface area contributed by atoms with Crippen LogP contribution in [-0.4, -0.2) is 42.5 Å². The molecule has 10 nitrogen and oxygen atoms in total. The molecule has 160 valence electrons. The van der Waals surface area contributed by atoms with Gasteiger partial charge in [0, 0.05) is 13.1 Å². The van der Waals surface area contributed by atoms with Gasteiger partial charge in [0.15, 0.2) is 17.3 Å². The summed E-state index contributed by atoms with van der Waals surface area (Å²) in [5, 5.41) is 17.2. The van der Waals surface area contributed by atoms with Crippen molar-refractivity contribution < 1.29 is 19.4 Å². The molecule has 2 aromatic heterocycles. The molecule has 0 unspecified atom stereocenters. The molecule has 31 heavy (non-hydrogen) atoms. The minimum atomic E-state index is -0.498. The number of nitrogens with one attached hydrogen (secondary N) is 1. The highest BCUT2D eigenvalue weighted by Gasteiger charge is 2.22. The topological polar surface area (TPSA) is 124 Å². The number of aryl methyl sites for hydroxylation is 1. The molecule has 2 heterocycles. The zero-order chi connectivity index (χ0) is 22.3. The second kappa shape index (κ2) is 7.63. The van der Waals surface area contributed by atoms with E-state index in [2.05, 4.69) is 15.2 Å². The van der Waals surface area contributed by atoms with Crippen molar-refractivity contribution in [2.75, 3.05) is 7.11 Å². The van der Waals surface area contributed by atoms with Crippen molar-refractivity contribution in [3.63, 3.8) is 0 Å². The summed E-state index contributed by atoms with van der Waals surface area (Å²) in [6, 6.07) is 8.15. The van der Waals surface area contributed by atoms with Crippen molar-refractivity contribution in [2.24, 2.45) is 13.0 Å². The molecule has 0 saturated heterocycles. The number of para-hydroxylation sites is 1. The number of ether oxygens (including phenoxy) is 2. The van der Waals surface area contributed by atoms with Gasteiger partial charge in [0.2, 0.25) is 0 Å². The van der Waals surface area contributed by atoms with Gasteiger partial charge in [-0.15, -0.1) is 0 Å². The molecule has 0 atom stereocenters. The second-order valence-electron chi connectivity index (χ2n) is 7.28. The van der Waals surface area contributed by atoms with E-state index in [0.717, 1.165) is 5.52 Å². The van der Waals surface area contributed by atoms with Crippen LogP contribution in [-0.2, 0) is 11.8 Å². The van der Waals surface area contributed by atoms with Gasteiger partial charge >= 0.3 is 11.7 Å². The Balaban J connectivity index is 1.89. The van der Waals surface area contributed by atoms with E-state index in [0.29, 0.717) is 11.2 Å². The Morgan fingerprint density at radius 3 is 2.71 bits per heavy atom. The fourth-order valence-corrected chi connectivity index (χ4v) is 3.22. The summed E-state index contributed by atoms with van der Waals surface area (Å²) < 4.78 is 13.8. The normalized spacial score (nSPS) is 11.3. The second-order valence-corrected chi connectivity index (χ2v) is 7.28. The van der Waals surface area contributed by atoms with Crippen LogP contribution in [0.25, 0.3) is 28.1 Å². The number of aromatic amines is 1. The van der Waals surface area contributed by atoms with Gasteiger partial charge in [0.25, 0.3) is 0 Å². The van der Waals surface area contributed by atoms with Crippen LogP contribution in [0.2, 0.25) is 0 Å². The van der Waals surface area contributed by atoms with Crippen molar-refractivity contribution in [3.8, 4) is 34.3 Å². The molecule has 0 aliphatic rings. The molecule has 0 saturated carbocycles. The molecule has 2 aromatic carbocycles. The smallest absolute Gasteiger partial charge is 0.348 e. The Bertz CT molecular complexity index is 1350. The van der Waals surface area contributed by atoms with Crippen LogP contribution < -0.4 is 15.2 Å². The first-order valence-electron chi connectivity index (χ1n) is 9.52. The van der Waals surface area contributed by atoms with Crippen LogP contribution in [0.1, 0.15) is 13.8 Å². The van der Waals surface area contributed by atoms with E-state index in [4.69, 9.17) is 9.47 Å². The summed E-state index contributed by atoms with van der Waals surface area (Å²) in [5.41, 5.74) is 1.65. The Morgan fingerprint density at radius 1 is 1.23 bits per heavy atom. The Labute approximate surface area is 176 Å². The highest BCUT2D eigenvalue weighted by Crippen LogP contribution is 2.39. The summed E-state index contributed by atoms with van der Waals surface area (Å²) in [7, 11) is 3.27. The van der Waals surface area contributed by atoms with Gasteiger partial charge in [0.05, 0.1) is 36.1 Å². The summed E-state index contributed by atoms with van der Waals surface area (Å²) >= 11 is 0. The maximum Gasteiger partial charge on any atom is 0.348 e. The third-order valence-corrected chi connectivity index (χ3v) is 4.85. The van der Waals surface area contributed by atoms with Crippen LogP contribution >= 0.6 is 0 Å². The number of carbonyl (C=O) groups excluding carboxylic acids is 1. The number of hydrogen-bond donors (Lipinski definition) is 2. The van der Waals surface area contributed by atoms with Crippen LogP contribution in [0, 0.1) is 5.92 Å². The number of carbonyl (C=O) groups is 1. The van der Waals surface area contributed by atoms with Gasteiger partial charge in [0.1, 0.15) is 11.3 Å². The fourth-order valence-electron chi connectivity index (χ4n) is 3.22. The summed E-state index contributed by atoms with van der Waals surface area (Å²) in [5.74, 6) is -0.633. The summed E-state index contributed by atoms with van der Waals surface area (Å²) in [6.07, 6.45) is 1.65. The Morgan fingerprint density at radius 2 is 2.00 bits per heavy atom. The van der Waals surface area contributed by atoms with Gasteiger partial charge < -0.3 is 19.1 Å². The van der Waals surface area contributed by atoms with E-state index >= 15 is 0 Å². The maximum atomic E-state index is 12.6. The van der Waals surface area contributed by atoms with Crippen molar-refractivity contribution >= 4 is 17.0 Å². The first-order valence-corrected chi connectivity index (χ1v) is 9.52. The molecule has 4 aromatic rings. The quantitative estimate of drug-likeness (QED) is 0.373. The Kier molecular flexibility index (Phi) is 4.97. The molecule has 0 spiro atoms. The number of esters is 1. The van der Waals surface area contributed by atoms with Crippen molar-refractivity contribution in [3.05, 3.63) is 47.1 Å². The van der Waals surface area contributed by atoms with E-state index < -0.39 is 11.7 Å². The van der Waals surface area contributed by atoms with E-state index in [1.807, 2.05) is 17.7 Å². The third kappa shape index (κ3) is 3.41. The first-order chi connectivity index (χ1) is 14.8. The van der Waals surface area contributed by atoms with E-state index in [9.17, 15) is 14.7 Å².